The quantitative estimate of drug-likeness (QED) is 0.740. The minimum absolute atomic E-state index is 0.428. The Morgan fingerprint density at radius 1 is 1.26 bits per heavy atom. The number of para-hydroxylation sites is 2. The summed E-state index contributed by atoms with van der Waals surface area (Å²) in [4.78, 5) is 10.2. The average molecular weight is 272 g/mol. The zero-order valence-electron chi connectivity index (χ0n) is 10.1. The Balaban J connectivity index is 1.53. The fourth-order valence-electron chi connectivity index (χ4n) is 2.33. The molecule has 19 heavy (non-hydrogen) atoms. The van der Waals surface area contributed by atoms with E-state index in [4.69, 9.17) is 5.73 Å². The highest BCUT2D eigenvalue weighted by Crippen LogP contribution is 2.33. The second-order valence-electron chi connectivity index (χ2n) is 4.66. The Morgan fingerprint density at radius 3 is 2.84 bits per heavy atom. The van der Waals surface area contributed by atoms with Crippen LogP contribution in [0.2, 0.25) is 0 Å². The van der Waals surface area contributed by atoms with E-state index in [9.17, 15) is 0 Å². The van der Waals surface area contributed by atoms with E-state index in [1.165, 1.54) is 11.3 Å². The molecular weight excluding hydrogens is 260 g/mol. The predicted octanol–water partition coefficient (Wildman–Crippen LogP) is 1.60. The zero-order chi connectivity index (χ0) is 12.8. The Kier molecular flexibility index (Phi) is 2.22. The van der Waals surface area contributed by atoms with Crippen LogP contribution in [0.4, 0.5) is 10.3 Å². The van der Waals surface area contributed by atoms with Gasteiger partial charge in [-0.3, -0.25) is 0 Å². The number of imidazole rings is 1. The van der Waals surface area contributed by atoms with Crippen LogP contribution in [0.3, 0.4) is 0 Å². The van der Waals surface area contributed by atoms with Crippen molar-refractivity contribution >= 4 is 32.6 Å². The summed E-state index contributed by atoms with van der Waals surface area (Å²) in [5.74, 6) is 1.48. The number of hydrogen-bond acceptors (Lipinski definition) is 6. The van der Waals surface area contributed by atoms with Crippen LogP contribution in [0.1, 0.15) is 11.7 Å². The Labute approximate surface area is 113 Å². The van der Waals surface area contributed by atoms with E-state index in [-0.39, 0.29) is 0 Å². The van der Waals surface area contributed by atoms with Gasteiger partial charge in [-0.2, -0.15) is 0 Å². The van der Waals surface area contributed by atoms with Crippen LogP contribution in [0.5, 0.6) is 0 Å². The number of fused-ring (bicyclic) bond motifs is 1. The fourth-order valence-corrected chi connectivity index (χ4v) is 2.96. The number of rotatable bonds is 2. The van der Waals surface area contributed by atoms with E-state index >= 15 is 0 Å². The normalized spacial score (nSPS) is 15.9. The van der Waals surface area contributed by atoms with Crippen LogP contribution in [0, 0.1) is 0 Å². The highest BCUT2D eigenvalue weighted by atomic mass is 32.1. The van der Waals surface area contributed by atoms with E-state index in [0.29, 0.717) is 11.0 Å². The summed E-state index contributed by atoms with van der Waals surface area (Å²) in [5, 5.41) is 9.29. The number of nitrogens with zero attached hydrogens (tertiary/aromatic N) is 4. The number of aromatic nitrogens is 4. The third-order valence-electron chi connectivity index (χ3n) is 3.38. The zero-order valence-corrected chi connectivity index (χ0v) is 10.9. The summed E-state index contributed by atoms with van der Waals surface area (Å²) in [5.41, 5.74) is 7.71. The molecule has 0 bridgehead atoms. The van der Waals surface area contributed by atoms with Crippen LogP contribution >= 0.6 is 11.3 Å². The van der Waals surface area contributed by atoms with Gasteiger partial charge >= 0.3 is 0 Å². The Hall–Kier alpha value is -2.15. The maximum atomic E-state index is 5.59. The molecular formula is C12H12N6S. The van der Waals surface area contributed by atoms with Gasteiger partial charge in [0.15, 0.2) is 0 Å². The van der Waals surface area contributed by atoms with E-state index in [0.717, 1.165) is 35.1 Å². The van der Waals surface area contributed by atoms with E-state index in [1.807, 2.05) is 24.3 Å². The van der Waals surface area contributed by atoms with Crippen molar-refractivity contribution < 1.29 is 0 Å². The largest absolute Gasteiger partial charge is 0.374 e. The van der Waals surface area contributed by atoms with Gasteiger partial charge in [-0.25, -0.2) is 4.98 Å². The molecule has 1 aliphatic heterocycles. The predicted molar refractivity (Wildman–Crippen MR) is 75.4 cm³/mol. The van der Waals surface area contributed by atoms with Gasteiger partial charge in [-0.15, -0.1) is 10.2 Å². The molecule has 0 unspecified atom stereocenters. The molecule has 3 heterocycles. The molecule has 0 aliphatic carbocycles. The van der Waals surface area contributed by atoms with Crippen LogP contribution < -0.4 is 10.6 Å². The number of anilines is 2. The lowest BCUT2D eigenvalue weighted by Crippen LogP contribution is -2.45. The summed E-state index contributed by atoms with van der Waals surface area (Å²) in [6, 6.07) is 8.09. The average Bonchev–Trinajstić information content (AvgIpc) is 2.93. The van der Waals surface area contributed by atoms with Gasteiger partial charge in [0.25, 0.3) is 0 Å². The SMILES string of the molecule is Nc1nnc(N2CC(c3nc4ccccc4[nH]3)C2)s1. The third-order valence-corrected chi connectivity index (χ3v) is 4.19. The van der Waals surface area contributed by atoms with Crippen molar-refractivity contribution in [3.05, 3.63) is 30.1 Å². The maximum Gasteiger partial charge on any atom is 0.210 e. The first-order valence-electron chi connectivity index (χ1n) is 6.08. The van der Waals surface area contributed by atoms with Gasteiger partial charge in [-0.05, 0) is 12.1 Å². The second-order valence-corrected chi connectivity index (χ2v) is 5.65. The number of benzene rings is 1. The minimum atomic E-state index is 0.428. The summed E-state index contributed by atoms with van der Waals surface area (Å²) >= 11 is 1.42. The molecule has 3 N–H and O–H groups in total. The molecule has 1 saturated heterocycles. The minimum Gasteiger partial charge on any atom is -0.374 e. The molecule has 1 aliphatic rings. The molecule has 0 atom stereocenters. The smallest absolute Gasteiger partial charge is 0.210 e. The van der Waals surface area contributed by atoms with Gasteiger partial charge in [0.1, 0.15) is 5.82 Å². The molecule has 0 radical (unpaired) electrons. The van der Waals surface area contributed by atoms with Crippen molar-refractivity contribution in [1.82, 2.24) is 20.2 Å². The third kappa shape index (κ3) is 1.74. The number of nitrogen functional groups attached to an aromatic ring is 1. The fraction of sp³-hybridized carbons (Fsp3) is 0.250. The number of nitrogens with one attached hydrogen (secondary N) is 1. The molecule has 0 spiro atoms. The summed E-state index contributed by atoms with van der Waals surface area (Å²) in [6.45, 7) is 1.82. The number of H-pyrrole nitrogens is 1. The van der Waals surface area contributed by atoms with E-state index < -0.39 is 0 Å². The molecule has 3 aromatic rings. The first-order valence-corrected chi connectivity index (χ1v) is 6.90. The highest BCUT2D eigenvalue weighted by Gasteiger charge is 2.32. The molecule has 1 fully saturated rings. The van der Waals surface area contributed by atoms with Crippen molar-refractivity contribution in [2.75, 3.05) is 23.7 Å². The van der Waals surface area contributed by atoms with Crippen molar-refractivity contribution in [3.63, 3.8) is 0 Å². The number of aromatic amines is 1. The van der Waals surface area contributed by atoms with Crippen molar-refractivity contribution in [2.45, 2.75) is 5.92 Å². The van der Waals surface area contributed by atoms with Gasteiger partial charge in [0.05, 0.1) is 17.0 Å². The van der Waals surface area contributed by atoms with Crippen LogP contribution in [-0.2, 0) is 0 Å². The molecule has 0 amide bonds. The summed E-state index contributed by atoms with van der Waals surface area (Å²) < 4.78 is 0. The standard InChI is InChI=1S/C12H12N6S/c13-11-16-17-12(19-11)18-5-7(6-18)10-14-8-3-1-2-4-9(8)15-10/h1-4,7H,5-6H2,(H2,13,16)(H,14,15). The lowest BCUT2D eigenvalue weighted by molar-refractivity contribution is 0.503. The second kappa shape index (κ2) is 3.92. The Morgan fingerprint density at radius 2 is 2.11 bits per heavy atom. The first-order chi connectivity index (χ1) is 9.29. The van der Waals surface area contributed by atoms with Crippen LogP contribution in [0.25, 0.3) is 11.0 Å². The number of nitrogens with two attached hydrogens (primary N) is 1. The van der Waals surface area contributed by atoms with Crippen LogP contribution in [-0.4, -0.2) is 33.3 Å². The Bertz CT molecular complexity index is 693. The van der Waals surface area contributed by atoms with Gasteiger partial charge < -0.3 is 15.6 Å². The molecule has 7 heteroatoms. The van der Waals surface area contributed by atoms with E-state index in [2.05, 4.69) is 25.1 Å². The maximum absolute atomic E-state index is 5.59. The molecule has 2 aromatic heterocycles. The monoisotopic (exact) mass is 272 g/mol. The topological polar surface area (TPSA) is 83.7 Å². The molecule has 0 saturated carbocycles. The lowest BCUT2D eigenvalue weighted by Gasteiger charge is -2.37. The summed E-state index contributed by atoms with van der Waals surface area (Å²) in [7, 11) is 0. The van der Waals surface area contributed by atoms with Crippen molar-refractivity contribution in [1.29, 1.82) is 0 Å². The first kappa shape index (κ1) is 10.7. The van der Waals surface area contributed by atoms with Crippen molar-refractivity contribution in [2.24, 2.45) is 0 Å². The molecule has 96 valence electrons. The number of hydrogen-bond donors (Lipinski definition) is 2. The van der Waals surface area contributed by atoms with Crippen LogP contribution in [0.15, 0.2) is 24.3 Å². The van der Waals surface area contributed by atoms with Gasteiger partial charge in [0, 0.05) is 13.1 Å². The van der Waals surface area contributed by atoms with Gasteiger partial charge in [0.2, 0.25) is 10.3 Å². The summed E-state index contributed by atoms with van der Waals surface area (Å²) in [6.07, 6.45) is 0. The molecule has 4 rings (SSSR count). The molecule has 6 nitrogen and oxygen atoms in total. The van der Waals surface area contributed by atoms with Crippen molar-refractivity contribution in [3.8, 4) is 0 Å². The molecule has 1 aromatic carbocycles. The highest BCUT2D eigenvalue weighted by molar-refractivity contribution is 7.18. The lowest BCUT2D eigenvalue weighted by atomic mass is 10.0. The van der Waals surface area contributed by atoms with Gasteiger partial charge in [-0.1, -0.05) is 23.5 Å². The van der Waals surface area contributed by atoms with E-state index in [1.54, 1.807) is 0 Å².